The number of hydrogen-bond acceptors (Lipinski definition) is 4. The molecule has 3 rings (SSSR count). The van der Waals surface area contributed by atoms with Crippen molar-refractivity contribution in [3.63, 3.8) is 0 Å². The van der Waals surface area contributed by atoms with Gasteiger partial charge in [-0.2, -0.15) is 0 Å². The van der Waals surface area contributed by atoms with E-state index in [4.69, 9.17) is 16.3 Å². The summed E-state index contributed by atoms with van der Waals surface area (Å²) in [7, 11) is 3.50. The fraction of sp³-hybridized carbons (Fsp3) is 0.409. The van der Waals surface area contributed by atoms with E-state index in [9.17, 15) is 4.79 Å². The molecule has 1 amide bonds. The highest BCUT2D eigenvalue weighted by Gasteiger charge is 2.22. The van der Waals surface area contributed by atoms with Crippen LogP contribution in [0.4, 0.5) is 5.69 Å². The van der Waals surface area contributed by atoms with Crippen LogP contribution in [0.3, 0.4) is 0 Å². The summed E-state index contributed by atoms with van der Waals surface area (Å²) in [5, 5.41) is 0.760. The van der Waals surface area contributed by atoms with Gasteiger partial charge in [0.2, 0.25) is 5.91 Å². The smallest absolute Gasteiger partial charge is 0.236 e. The molecule has 0 unspecified atom stereocenters. The highest BCUT2D eigenvalue weighted by atomic mass is 35.5. The lowest BCUT2D eigenvalue weighted by Gasteiger charge is -2.37. The van der Waals surface area contributed by atoms with Gasteiger partial charge in [0.25, 0.3) is 0 Å². The highest BCUT2D eigenvalue weighted by Crippen LogP contribution is 2.25. The van der Waals surface area contributed by atoms with E-state index in [0.29, 0.717) is 13.1 Å². The predicted molar refractivity (Wildman–Crippen MR) is 114 cm³/mol. The number of nitrogens with zero attached hydrogens (tertiary/aromatic N) is 3. The molecule has 2 aromatic rings. The van der Waals surface area contributed by atoms with Crippen molar-refractivity contribution < 1.29 is 9.53 Å². The van der Waals surface area contributed by atoms with Gasteiger partial charge in [-0.15, -0.1) is 0 Å². The molecular weight excluding hydrogens is 374 g/mol. The molecular formula is C22H28ClN3O2. The third-order valence-electron chi connectivity index (χ3n) is 5.27. The summed E-state index contributed by atoms with van der Waals surface area (Å²) in [6.45, 7) is 6.60. The number of halogens is 1. The predicted octanol–water partition coefficient (Wildman–Crippen LogP) is 3.44. The first kappa shape index (κ1) is 20.5. The van der Waals surface area contributed by atoms with E-state index in [1.165, 1.54) is 11.3 Å². The van der Waals surface area contributed by atoms with Crippen LogP contribution >= 0.6 is 11.6 Å². The average Bonchev–Trinajstić information content (AvgIpc) is 2.71. The zero-order valence-corrected chi connectivity index (χ0v) is 17.6. The largest absolute Gasteiger partial charge is 0.496 e. The van der Waals surface area contributed by atoms with Crippen LogP contribution in [0.25, 0.3) is 0 Å². The van der Waals surface area contributed by atoms with Crippen molar-refractivity contribution in [2.24, 2.45) is 0 Å². The summed E-state index contributed by atoms with van der Waals surface area (Å²) < 4.78 is 5.38. The summed E-state index contributed by atoms with van der Waals surface area (Å²) in [6, 6.07) is 13.8. The van der Waals surface area contributed by atoms with Crippen molar-refractivity contribution in [1.29, 1.82) is 0 Å². The number of benzene rings is 2. The standard InChI is InChI=1S/C22H28ClN3O2/c1-17-8-9-19(23)14-20(17)26-12-10-25(11-13-26)16-22(27)24(2)15-18-6-4-5-7-21(18)28-3/h4-9,14H,10-13,15-16H2,1-3H3. The average molecular weight is 402 g/mol. The van der Waals surface area contributed by atoms with Crippen molar-refractivity contribution in [3.8, 4) is 5.75 Å². The minimum Gasteiger partial charge on any atom is -0.496 e. The Morgan fingerprint density at radius 1 is 1.14 bits per heavy atom. The van der Waals surface area contributed by atoms with Crippen LogP contribution in [-0.4, -0.2) is 62.6 Å². The van der Waals surface area contributed by atoms with E-state index in [2.05, 4.69) is 22.8 Å². The number of anilines is 1. The molecule has 1 saturated heterocycles. The molecule has 0 aromatic heterocycles. The molecule has 28 heavy (non-hydrogen) atoms. The number of aryl methyl sites for hydroxylation is 1. The Bertz CT molecular complexity index is 819. The highest BCUT2D eigenvalue weighted by molar-refractivity contribution is 6.30. The van der Waals surface area contributed by atoms with Crippen molar-refractivity contribution in [2.75, 3.05) is 51.8 Å². The molecule has 5 nitrogen and oxygen atoms in total. The second-order valence-corrected chi connectivity index (χ2v) is 7.69. The van der Waals surface area contributed by atoms with Crippen molar-refractivity contribution in [3.05, 3.63) is 58.6 Å². The van der Waals surface area contributed by atoms with Crippen LogP contribution in [0, 0.1) is 6.92 Å². The number of hydrogen-bond donors (Lipinski definition) is 0. The molecule has 0 N–H and O–H groups in total. The second kappa shape index (κ2) is 9.30. The number of likely N-dealkylation sites (N-methyl/N-ethyl adjacent to an activating group) is 1. The van der Waals surface area contributed by atoms with Gasteiger partial charge < -0.3 is 14.5 Å². The quantitative estimate of drug-likeness (QED) is 0.742. The number of methoxy groups -OCH3 is 1. The van der Waals surface area contributed by atoms with E-state index in [1.54, 1.807) is 12.0 Å². The van der Waals surface area contributed by atoms with Gasteiger partial charge in [-0.1, -0.05) is 35.9 Å². The number of amides is 1. The normalized spacial score (nSPS) is 14.8. The molecule has 0 radical (unpaired) electrons. The number of carbonyl (C=O) groups is 1. The molecule has 2 aromatic carbocycles. The van der Waals surface area contributed by atoms with Gasteiger partial charge in [0.1, 0.15) is 5.75 Å². The maximum atomic E-state index is 12.7. The number of rotatable bonds is 6. The fourth-order valence-corrected chi connectivity index (χ4v) is 3.73. The van der Waals surface area contributed by atoms with E-state index in [-0.39, 0.29) is 5.91 Å². The van der Waals surface area contributed by atoms with Crippen LogP contribution in [-0.2, 0) is 11.3 Å². The van der Waals surface area contributed by atoms with E-state index in [0.717, 1.165) is 42.5 Å². The number of carbonyl (C=O) groups excluding carboxylic acids is 1. The van der Waals surface area contributed by atoms with Gasteiger partial charge >= 0.3 is 0 Å². The Morgan fingerprint density at radius 3 is 2.57 bits per heavy atom. The molecule has 1 aliphatic heterocycles. The Kier molecular flexibility index (Phi) is 6.81. The number of para-hydroxylation sites is 1. The van der Waals surface area contributed by atoms with Gasteiger partial charge in [-0.25, -0.2) is 0 Å². The van der Waals surface area contributed by atoms with Gasteiger partial charge in [0, 0.05) is 56.0 Å². The van der Waals surface area contributed by atoms with E-state index in [1.807, 2.05) is 43.4 Å². The Morgan fingerprint density at radius 2 is 1.86 bits per heavy atom. The van der Waals surface area contributed by atoms with Gasteiger partial charge in [0.05, 0.1) is 13.7 Å². The summed E-state index contributed by atoms with van der Waals surface area (Å²) in [5.41, 5.74) is 3.43. The summed E-state index contributed by atoms with van der Waals surface area (Å²) in [4.78, 5) is 19.0. The Labute approximate surface area is 172 Å². The monoisotopic (exact) mass is 401 g/mol. The minimum atomic E-state index is 0.123. The third kappa shape index (κ3) is 4.97. The van der Waals surface area contributed by atoms with Crippen LogP contribution in [0.15, 0.2) is 42.5 Å². The molecule has 150 valence electrons. The minimum absolute atomic E-state index is 0.123. The first-order chi connectivity index (χ1) is 13.5. The van der Waals surface area contributed by atoms with Gasteiger partial charge in [-0.05, 0) is 30.7 Å². The topological polar surface area (TPSA) is 36.0 Å². The first-order valence-corrected chi connectivity index (χ1v) is 9.95. The molecule has 1 fully saturated rings. The Hall–Kier alpha value is -2.24. The molecule has 1 heterocycles. The maximum absolute atomic E-state index is 12.7. The third-order valence-corrected chi connectivity index (χ3v) is 5.50. The van der Waals surface area contributed by atoms with Crippen LogP contribution in [0.5, 0.6) is 5.75 Å². The molecule has 0 bridgehead atoms. The fourth-order valence-electron chi connectivity index (χ4n) is 3.56. The zero-order valence-electron chi connectivity index (χ0n) is 16.8. The molecule has 0 atom stereocenters. The van der Waals surface area contributed by atoms with Crippen LogP contribution in [0.2, 0.25) is 5.02 Å². The second-order valence-electron chi connectivity index (χ2n) is 7.26. The van der Waals surface area contributed by atoms with Crippen molar-refractivity contribution in [1.82, 2.24) is 9.80 Å². The summed E-state index contributed by atoms with van der Waals surface area (Å²) in [5.74, 6) is 0.936. The number of piperazine rings is 1. The van der Waals surface area contributed by atoms with E-state index >= 15 is 0 Å². The van der Waals surface area contributed by atoms with Crippen LogP contribution in [0.1, 0.15) is 11.1 Å². The van der Waals surface area contributed by atoms with Gasteiger partial charge in [0.15, 0.2) is 0 Å². The SMILES string of the molecule is COc1ccccc1CN(C)C(=O)CN1CCN(c2cc(Cl)ccc2C)CC1. The lowest BCUT2D eigenvalue weighted by molar-refractivity contribution is -0.131. The van der Waals surface area contributed by atoms with Gasteiger partial charge in [-0.3, -0.25) is 9.69 Å². The lowest BCUT2D eigenvalue weighted by atomic mass is 10.1. The van der Waals surface area contributed by atoms with E-state index < -0.39 is 0 Å². The van der Waals surface area contributed by atoms with Crippen molar-refractivity contribution in [2.45, 2.75) is 13.5 Å². The molecule has 0 saturated carbocycles. The Balaban J connectivity index is 1.52. The summed E-state index contributed by atoms with van der Waals surface area (Å²) in [6.07, 6.45) is 0. The van der Waals surface area contributed by atoms with Crippen LogP contribution < -0.4 is 9.64 Å². The molecule has 6 heteroatoms. The first-order valence-electron chi connectivity index (χ1n) is 9.57. The summed E-state index contributed by atoms with van der Waals surface area (Å²) >= 11 is 6.16. The molecule has 0 spiro atoms. The molecule has 1 aliphatic rings. The lowest BCUT2D eigenvalue weighted by Crippen LogP contribution is -2.49. The maximum Gasteiger partial charge on any atom is 0.236 e. The number of ether oxygens (including phenoxy) is 1. The molecule has 0 aliphatic carbocycles. The van der Waals surface area contributed by atoms with Crippen molar-refractivity contribution >= 4 is 23.2 Å². The zero-order chi connectivity index (χ0) is 20.1.